The van der Waals surface area contributed by atoms with Crippen LogP contribution < -0.4 is 0 Å². The Morgan fingerprint density at radius 2 is 2.05 bits per heavy atom. The van der Waals surface area contributed by atoms with Gasteiger partial charge in [0.05, 0.1) is 11.7 Å². The molecule has 5 heteroatoms. The first kappa shape index (κ1) is 15.1. The second-order valence-corrected chi connectivity index (χ2v) is 5.50. The molecule has 1 aliphatic heterocycles. The molecule has 112 valence electrons. The minimum Gasteiger partial charge on any atom is -0.508 e. The number of aliphatic imine (C=N–C) groups is 1. The molecule has 2 rings (SSSR count). The highest BCUT2D eigenvalue weighted by Crippen LogP contribution is 2.32. The molecule has 0 aromatic heterocycles. The zero-order valence-corrected chi connectivity index (χ0v) is 12.4. The Bertz CT molecular complexity index is 606. The molecule has 1 heterocycles. The maximum Gasteiger partial charge on any atom is 0.142 e. The van der Waals surface area contributed by atoms with Crippen molar-refractivity contribution in [3.63, 3.8) is 0 Å². The summed E-state index contributed by atoms with van der Waals surface area (Å²) in [6.45, 7) is 3.98. The van der Waals surface area contributed by atoms with Crippen LogP contribution in [0.15, 0.2) is 29.3 Å². The molecule has 2 N–H and O–H groups in total. The molecule has 21 heavy (non-hydrogen) atoms. The van der Waals surface area contributed by atoms with Crippen LogP contribution in [-0.4, -0.2) is 40.3 Å². The number of carbonyl (C=O) groups is 1. The van der Waals surface area contributed by atoms with Gasteiger partial charge in [0.25, 0.3) is 0 Å². The van der Waals surface area contributed by atoms with E-state index in [2.05, 4.69) is 4.99 Å². The fraction of sp³-hybridized carbons (Fsp3) is 0.375. The van der Waals surface area contributed by atoms with Gasteiger partial charge in [-0.05, 0) is 18.1 Å². The molecule has 0 amide bonds. The molecule has 0 saturated heterocycles. The Morgan fingerprint density at radius 1 is 1.33 bits per heavy atom. The first-order chi connectivity index (χ1) is 9.93. The van der Waals surface area contributed by atoms with Gasteiger partial charge in [0.15, 0.2) is 0 Å². The number of likely N-dealkylation sites (N-methyl/N-ethyl adjacent to an activating group) is 1. The van der Waals surface area contributed by atoms with E-state index in [1.54, 1.807) is 6.07 Å². The van der Waals surface area contributed by atoms with Crippen molar-refractivity contribution >= 4 is 17.8 Å². The van der Waals surface area contributed by atoms with Gasteiger partial charge in [-0.2, -0.15) is 0 Å². The van der Waals surface area contributed by atoms with Crippen LogP contribution in [0.4, 0.5) is 0 Å². The average molecular weight is 288 g/mol. The molecule has 1 aliphatic rings. The molecule has 0 bridgehead atoms. The van der Waals surface area contributed by atoms with Gasteiger partial charge in [0.2, 0.25) is 0 Å². The van der Waals surface area contributed by atoms with Crippen molar-refractivity contribution in [1.29, 1.82) is 0 Å². The third-order valence-corrected chi connectivity index (χ3v) is 3.66. The number of amidine groups is 1. The van der Waals surface area contributed by atoms with Gasteiger partial charge < -0.3 is 19.9 Å². The van der Waals surface area contributed by atoms with Crippen LogP contribution in [0, 0.1) is 5.92 Å². The molecule has 0 fully saturated rings. The Kier molecular flexibility index (Phi) is 4.31. The molecule has 0 spiro atoms. The smallest absolute Gasteiger partial charge is 0.142 e. The van der Waals surface area contributed by atoms with E-state index in [-0.39, 0.29) is 23.5 Å². The lowest BCUT2D eigenvalue weighted by Crippen LogP contribution is -2.40. The highest BCUT2D eigenvalue weighted by molar-refractivity contribution is 5.96. The Morgan fingerprint density at radius 3 is 2.62 bits per heavy atom. The molecule has 5 nitrogen and oxygen atoms in total. The minimum atomic E-state index is -0.218. The standard InChI is InChI=1S/C16H20N2O3/c1-10(2)14(9-19)18(3)16-7-6-13(17-16)12-5-4-11(20)8-15(12)21/h4-6,8-10,14,20-21H,7H2,1-3H3. The second-order valence-electron chi connectivity index (χ2n) is 5.50. The number of phenols is 2. The zero-order valence-electron chi connectivity index (χ0n) is 12.4. The summed E-state index contributed by atoms with van der Waals surface area (Å²) in [6.07, 6.45) is 3.45. The van der Waals surface area contributed by atoms with Crippen molar-refractivity contribution in [3.05, 3.63) is 29.8 Å². The van der Waals surface area contributed by atoms with Crippen LogP contribution in [0.2, 0.25) is 0 Å². The topological polar surface area (TPSA) is 73.1 Å². The average Bonchev–Trinajstić information content (AvgIpc) is 2.88. The van der Waals surface area contributed by atoms with Crippen molar-refractivity contribution in [2.45, 2.75) is 26.3 Å². The summed E-state index contributed by atoms with van der Waals surface area (Å²) in [7, 11) is 1.85. The zero-order chi connectivity index (χ0) is 15.6. The van der Waals surface area contributed by atoms with E-state index in [0.29, 0.717) is 17.7 Å². The van der Waals surface area contributed by atoms with Crippen molar-refractivity contribution in [2.75, 3.05) is 7.05 Å². The van der Waals surface area contributed by atoms with Crippen molar-refractivity contribution < 1.29 is 15.0 Å². The van der Waals surface area contributed by atoms with E-state index in [1.165, 1.54) is 12.1 Å². The molecule has 1 aromatic rings. The monoisotopic (exact) mass is 288 g/mol. The number of nitrogens with zero attached hydrogens (tertiary/aromatic N) is 2. The molecule has 1 atom stereocenters. The predicted octanol–water partition coefficient (Wildman–Crippen LogP) is 2.40. The first-order valence-corrected chi connectivity index (χ1v) is 6.92. The van der Waals surface area contributed by atoms with Crippen LogP contribution in [0.25, 0.3) is 5.70 Å². The van der Waals surface area contributed by atoms with Gasteiger partial charge in [0.1, 0.15) is 23.6 Å². The molecule has 0 aliphatic carbocycles. The Balaban J connectivity index is 2.23. The van der Waals surface area contributed by atoms with Crippen molar-refractivity contribution in [2.24, 2.45) is 10.9 Å². The number of hydrogen-bond donors (Lipinski definition) is 2. The third kappa shape index (κ3) is 3.07. The molecule has 1 aromatic carbocycles. The lowest BCUT2D eigenvalue weighted by molar-refractivity contribution is -0.112. The van der Waals surface area contributed by atoms with Crippen LogP contribution in [0.1, 0.15) is 25.8 Å². The fourth-order valence-electron chi connectivity index (χ4n) is 2.42. The summed E-state index contributed by atoms with van der Waals surface area (Å²) in [4.78, 5) is 17.6. The van der Waals surface area contributed by atoms with E-state index in [9.17, 15) is 15.0 Å². The van der Waals surface area contributed by atoms with Gasteiger partial charge in [-0.3, -0.25) is 0 Å². The third-order valence-electron chi connectivity index (χ3n) is 3.66. The van der Waals surface area contributed by atoms with Gasteiger partial charge in [-0.1, -0.05) is 19.9 Å². The number of benzene rings is 1. The minimum absolute atomic E-state index is 0.00954. The van der Waals surface area contributed by atoms with E-state index in [4.69, 9.17) is 0 Å². The van der Waals surface area contributed by atoms with E-state index < -0.39 is 0 Å². The predicted molar refractivity (Wildman–Crippen MR) is 82.3 cm³/mol. The number of aromatic hydroxyl groups is 2. The first-order valence-electron chi connectivity index (χ1n) is 6.92. The van der Waals surface area contributed by atoms with E-state index in [0.717, 1.165) is 12.1 Å². The summed E-state index contributed by atoms with van der Waals surface area (Å²) in [6, 6.07) is 4.21. The second kappa shape index (κ2) is 5.99. The van der Waals surface area contributed by atoms with Gasteiger partial charge >= 0.3 is 0 Å². The molecule has 0 radical (unpaired) electrons. The highest BCUT2D eigenvalue weighted by Gasteiger charge is 2.23. The Hall–Kier alpha value is -2.30. The molecule has 0 saturated carbocycles. The normalized spacial score (nSPS) is 15.6. The Labute approximate surface area is 124 Å². The van der Waals surface area contributed by atoms with Crippen molar-refractivity contribution in [1.82, 2.24) is 4.90 Å². The number of phenolic OH excluding ortho intramolecular Hbond substituents is 2. The van der Waals surface area contributed by atoms with Gasteiger partial charge in [-0.15, -0.1) is 0 Å². The lowest BCUT2D eigenvalue weighted by atomic mass is 10.0. The molecular weight excluding hydrogens is 268 g/mol. The van der Waals surface area contributed by atoms with Crippen LogP contribution in [0.3, 0.4) is 0 Å². The maximum absolute atomic E-state index is 11.2. The van der Waals surface area contributed by atoms with Crippen molar-refractivity contribution in [3.8, 4) is 11.5 Å². The fourth-order valence-corrected chi connectivity index (χ4v) is 2.42. The summed E-state index contributed by atoms with van der Waals surface area (Å²) in [5.41, 5.74) is 1.23. The number of rotatable bonds is 4. The van der Waals surface area contributed by atoms with Crippen LogP contribution in [-0.2, 0) is 4.79 Å². The number of carbonyl (C=O) groups excluding carboxylic acids is 1. The van der Waals surface area contributed by atoms with Gasteiger partial charge in [-0.25, -0.2) is 4.99 Å². The van der Waals surface area contributed by atoms with Gasteiger partial charge in [0, 0.05) is 25.1 Å². The van der Waals surface area contributed by atoms with E-state index >= 15 is 0 Å². The quantitative estimate of drug-likeness (QED) is 0.834. The summed E-state index contributed by atoms with van der Waals surface area (Å²) < 4.78 is 0. The number of hydrogen-bond acceptors (Lipinski definition) is 5. The highest BCUT2D eigenvalue weighted by atomic mass is 16.3. The summed E-state index contributed by atoms with van der Waals surface area (Å²) in [5, 5.41) is 19.2. The molecular formula is C16H20N2O3. The number of aldehydes is 1. The lowest BCUT2D eigenvalue weighted by Gasteiger charge is -2.28. The summed E-state index contributed by atoms with van der Waals surface area (Å²) in [5.74, 6) is 0.992. The molecule has 1 unspecified atom stereocenters. The summed E-state index contributed by atoms with van der Waals surface area (Å²) >= 11 is 0. The SMILES string of the molecule is CC(C)C(C=O)N(C)C1=NC(c2ccc(O)cc2O)=CC1. The van der Waals surface area contributed by atoms with E-state index in [1.807, 2.05) is 31.9 Å². The van der Waals surface area contributed by atoms with Crippen LogP contribution >= 0.6 is 0 Å². The largest absolute Gasteiger partial charge is 0.508 e. The van der Waals surface area contributed by atoms with Crippen LogP contribution in [0.5, 0.6) is 11.5 Å². The maximum atomic E-state index is 11.2.